The molecule has 128 valence electrons. The van der Waals surface area contributed by atoms with E-state index in [2.05, 4.69) is 10.1 Å². The zero-order valence-corrected chi connectivity index (χ0v) is 13.8. The fraction of sp³-hybridized carbons (Fsp3) is 0.235. The van der Waals surface area contributed by atoms with Crippen LogP contribution < -0.4 is 14.8 Å². The van der Waals surface area contributed by atoms with E-state index in [0.29, 0.717) is 12.3 Å². The molecule has 2 aromatic rings. The number of hydrogen-bond donors (Lipinski definition) is 1. The third-order valence-corrected chi connectivity index (χ3v) is 3.88. The van der Waals surface area contributed by atoms with Crippen molar-refractivity contribution in [3.05, 3.63) is 48.5 Å². The van der Waals surface area contributed by atoms with E-state index in [-0.39, 0.29) is 17.4 Å². The van der Waals surface area contributed by atoms with Gasteiger partial charge >= 0.3 is 6.61 Å². The van der Waals surface area contributed by atoms with Crippen molar-refractivity contribution in [3.63, 3.8) is 0 Å². The summed E-state index contributed by atoms with van der Waals surface area (Å²) in [5.74, 6) is 0.893. The Kier molecular flexibility index (Phi) is 6.87. The molecule has 0 atom stereocenters. The van der Waals surface area contributed by atoms with Gasteiger partial charge in [-0.25, -0.2) is 0 Å². The van der Waals surface area contributed by atoms with Crippen LogP contribution in [0.3, 0.4) is 0 Å². The van der Waals surface area contributed by atoms with Crippen LogP contribution in [0.2, 0.25) is 0 Å². The number of nitrogens with one attached hydrogen (secondary N) is 1. The predicted molar refractivity (Wildman–Crippen MR) is 90.0 cm³/mol. The molecule has 0 unspecified atom stereocenters. The largest absolute Gasteiger partial charge is 0.494 e. The van der Waals surface area contributed by atoms with E-state index in [0.717, 1.165) is 10.6 Å². The van der Waals surface area contributed by atoms with Crippen molar-refractivity contribution in [1.29, 1.82) is 0 Å². The van der Waals surface area contributed by atoms with Crippen LogP contribution in [0, 0.1) is 0 Å². The average Bonchev–Trinajstić information content (AvgIpc) is 2.56. The molecule has 24 heavy (non-hydrogen) atoms. The Morgan fingerprint density at radius 2 is 1.71 bits per heavy atom. The second kappa shape index (κ2) is 9.12. The van der Waals surface area contributed by atoms with Gasteiger partial charge in [0.05, 0.1) is 12.4 Å². The van der Waals surface area contributed by atoms with Gasteiger partial charge in [0, 0.05) is 10.6 Å². The van der Waals surface area contributed by atoms with Crippen LogP contribution in [0.25, 0.3) is 0 Å². The Balaban J connectivity index is 1.80. The molecule has 1 N–H and O–H groups in total. The maximum absolute atomic E-state index is 12.1. The van der Waals surface area contributed by atoms with E-state index in [1.165, 1.54) is 36.0 Å². The number of carbonyl (C=O) groups excluding carboxylic acids is 1. The standard InChI is InChI=1S/C17H17F2NO3S/c1-2-22-13-7-9-15(10-8-13)24-11-16(21)20-12-3-5-14(6-4-12)23-17(18)19/h3-10,17H,2,11H2,1H3,(H,20,21). The van der Waals surface area contributed by atoms with Gasteiger partial charge in [0.15, 0.2) is 0 Å². The lowest BCUT2D eigenvalue weighted by Crippen LogP contribution is -2.13. The maximum atomic E-state index is 12.1. The van der Waals surface area contributed by atoms with Crippen LogP contribution in [0.4, 0.5) is 14.5 Å². The minimum atomic E-state index is -2.86. The summed E-state index contributed by atoms with van der Waals surface area (Å²) < 4.78 is 33.7. The smallest absolute Gasteiger partial charge is 0.387 e. The molecule has 0 saturated heterocycles. The molecular weight excluding hydrogens is 336 g/mol. The molecule has 2 rings (SSSR count). The van der Waals surface area contributed by atoms with Gasteiger partial charge in [-0.3, -0.25) is 4.79 Å². The van der Waals surface area contributed by atoms with Crippen LogP contribution in [0.5, 0.6) is 11.5 Å². The van der Waals surface area contributed by atoms with Crippen molar-refractivity contribution in [2.45, 2.75) is 18.4 Å². The van der Waals surface area contributed by atoms with E-state index in [4.69, 9.17) is 4.74 Å². The highest BCUT2D eigenvalue weighted by molar-refractivity contribution is 8.00. The minimum Gasteiger partial charge on any atom is -0.494 e. The Bertz CT molecular complexity index is 648. The number of alkyl halides is 2. The summed E-state index contributed by atoms with van der Waals surface area (Å²) in [6.07, 6.45) is 0. The summed E-state index contributed by atoms with van der Waals surface area (Å²) >= 11 is 1.39. The molecule has 2 aromatic carbocycles. The topological polar surface area (TPSA) is 47.6 Å². The lowest BCUT2D eigenvalue weighted by molar-refractivity contribution is -0.113. The maximum Gasteiger partial charge on any atom is 0.387 e. The van der Waals surface area contributed by atoms with Gasteiger partial charge < -0.3 is 14.8 Å². The molecule has 0 spiro atoms. The van der Waals surface area contributed by atoms with Crippen LogP contribution in [0.15, 0.2) is 53.4 Å². The molecular formula is C17H17F2NO3S. The summed E-state index contributed by atoms with van der Waals surface area (Å²) in [6.45, 7) is -0.342. The number of benzene rings is 2. The first kappa shape index (κ1) is 18.1. The molecule has 0 saturated carbocycles. The van der Waals surface area contributed by atoms with Gasteiger partial charge in [0.25, 0.3) is 0 Å². The second-order valence-electron chi connectivity index (χ2n) is 4.64. The van der Waals surface area contributed by atoms with Gasteiger partial charge in [-0.05, 0) is 55.5 Å². The third kappa shape index (κ3) is 6.08. The third-order valence-electron chi connectivity index (χ3n) is 2.87. The average molecular weight is 353 g/mol. The van der Waals surface area contributed by atoms with Crippen LogP contribution in [-0.4, -0.2) is 24.9 Å². The van der Waals surface area contributed by atoms with E-state index >= 15 is 0 Å². The summed E-state index contributed by atoms with van der Waals surface area (Å²) in [7, 11) is 0. The molecule has 0 fully saturated rings. The van der Waals surface area contributed by atoms with Gasteiger partial charge in [-0.1, -0.05) is 0 Å². The Morgan fingerprint density at radius 1 is 1.08 bits per heavy atom. The SMILES string of the molecule is CCOc1ccc(SCC(=O)Nc2ccc(OC(F)F)cc2)cc1. The Morgan fingerprint density at radius 3 is 2.29 bits per heavy atom. The number of ether oxygens (including phenoxy) is 2. The van der Waals surface area contributed by atoms with Crippen molar-refractivity contribution >= 4 is 23.4 Å². The highest BCUT2D eigenvalue weighted by atomic mass is 32.2. The zero-order chi connectivity index (χ0) is 17.4. The van der Waals surface area contributed by atoms with Crippen molar-refractivity contribution in [3.8, 4) is 11.5 Å². The van der Waals surface area contributed by atoms with Crippen LogP contribution in [-0.2, 0) is 4.79 Å². The molecule has 1 amide bonds. The fourth-order valence-corrected chi connectivity index (χ4v) is 2.56. The zero-order valence-electron chi connectivity index (χ0n) is 13.0. The van der Waals surface area contributed by atoms with E-state index in [9.17, 15) is 13.6 Å². The van der Waals surface area contributed by atoms with Gasteiger partial charge in [0.2, 0.25) is 5.91 Å². The van der Waals surface area contributed by atoms with Crippen molar-refractivity contribution < 1.29 is 23.0 Å². The van der Waals surface area contributed by atoms with Gasteiger partial charge in [0.1, 0.15) is 11.5 Å². The van der Waals surface area contributed by atoms with Crippen molar-refractivity contribution in [1.82, 2.24) is 0 Å². The minimum absolute atomic E-state index is 0.0479. The number of amides is 1. The summed E-state index contributed by atoms with van der Waals surface area (Å²) in [4.78, 5) is 12.9. The molecule has 0 aliphatic rings. The number of hydrogen-bond acceptors (Lipinski definition) is 4. The number of halogens is 2. The Labute approximate surface area is 143 Å². The van der Waals surface area contributed by atoms with Crippen molar-refractivity contribution in [2.24, 2.45) is 0 Å². The molecule has 0 heterocycles. The summed E-state index contributed by atoms with van der Waals surface area (Å²) in [5, 5.41) is 2.70. The quantitative estimate of drug-likeness (QED) is 0.714. The lowest BCUT2D eigenvalue weighted by atomic mass is 10.3. The first-order valence-electron chi connectivity index (χ1n) is 7.27. The molecule has 0 aromatic heterocycles. The number of carbonyl (C=O) groups is 1. The molecule has 7 heteroatoms. The number of rotatable bonds is 8. The highest BCUT2D eigenvalue weighted by Gasteiger charge is 2.06. The highest BCUT2D eigenvalue weighted by Crippen LogP contribution is 2.22. The van der Waals surface area contributed by atoms with Gasteiger partial charge in [-0.15, -0.1) is 11.8 Å². The fourth-order valence-electron chi connectivity index (χ4n) is 1.86. The summed E-state index contributed by atoms with van der Waals surface area (Å²) in [6, 6.07) is 13.3. The van der Waals surface area contributed by atoms with Crippen molar-refractivity contribution in [2.75, 3.05) is 17.7 Å². The van der Waals surface area contributed by atoms with E-state index in [1.54, 1.807) is 0 Å². The van der Waals surface area contributed by atoms with Gasteiger partial charge in [-0.2, -0.15) is 8.78 Å². The normalized spacial score (nSPS) is 10.5. The monoisotopic (exact) mass is 353 g/mol. The summed E-state index contributed by atoms with van der Waals surface area (Å²) in [5.41, 5.74) is 0.522. The lowest BCUT2D eigenvalue weighted by Gasteiger charge is -2.08. The predicted octanol–water partition coefficient (Wildman–Crippen LogP) is 4.42. The van der Waals surface area contributed by atoms with Crippen LogP contribution >= 0.6 is 11.8 Å². The van der Waals surface area contributed by atoms with E-state index in [1.807, 2.05) is 31.2 Å². The second-order valence-corrected chi connectivity index (χ2v) is 5.69. The molecule has 0 aliphatic heterocycles. The Hall–Kier alpha value is -2.28. The molecule has 0 radical (unpaired) electrons. The first-order chi connectivity index (χ1) is 11.6. The van der Waals surface area contributed by atoms with E-state index < -0.39 is 6.61 Å². The molecule has 4 nitrogen and oxygen atoms in total. The molecule has 0 aliphatic carbocycles. The first-order valence-corrected chi connectivity index (χ1v) is 8.25. The number of thioether (sulfide) groups is 1. The molecule has 0 bridgehead atoms. The van der Waals surface area contributed by atoms with Crippen LogP contribution in [0.1, 0.15) is 6.92 Å². The number of anilines is 1.